The van der Waals surface area contributed by atoms with Gasteiger partial charge in [0, 0.05) is 25.0 Å². The van der Waals surface area contributed by atoms with Gasteiger partial charge in [-0.3, -0.25) is 4.68 Å². The number of aryl methyl sites for hydroxylation is 2. The molecular weight excluding hydrogens is 198 g/mol. The van der Waals surface area contributed by atoms with Crippen LogP contribution in [-0.4, -0.2) is 22.4 Å². The summed E-state index contributed by atoms with van der Waals surface area (Å²) in [6.07, 6.45) is 5.49. The van der Waals surface area contributed by atoms with Gasteiger partial charge < -0.3 is 5.32 Å². The molecule has 0 amide bonds. The Morgan fingerprint density at radius 2 is 2.19 bits per heavy atom. The molecule has 0 fully saturated rings. The van der Waals surface area contributed by atoms with Crippen LogP contribution < -0.4 is 5.32 Å². The van der Waals surface area contributed by atoms with E-state index in [1.54, 1.807) is 0 Å². The third-order valence-corrected chi connectivity index (χ3v) is 3.45. The maximum atomic E-state index is 4.20. The molecule has 0 aliphatic rings. The third-order valence-electron chi connectivity index (χ3n) is 3.45. The lowest BCUT2D eigenvalue weighted by Crippen LogP contribution is -2.33. The maximum absolute atomic E-state index is 4.20. The summed E-state index contributed by atoms with van der Waals surface area (Å²) in [5.74, 6) is 0.759. The van der Waals surface area contributed by atoms with E-state index < -0.39 is 0 Å². The van der Waals surface area contributed by atoms with E-state index in [1.165, 1.54) is 18.5 Å². The van der Waals surface area contributed by atoms with Gasteiger partial charge in [0.25, 0.3) is 0 Å². The molecule has 0 saturated heterocycles. The molecule has 0 saturated carbocycles. The van der Waals surface area contributed by atoms with Gasteiger partial charge in [0.15, 0.2) is 0 Å². The highest BCUT2D eigenvalue weighted by Crippen LogP contribution is 2.16. The van der Waals surface area contributed by atoms with Gasteiger partial charge in [-0.1, -0.05) is 20.3 Å². The van der Waals surface area contributed by atoms with E-state index in [2.05, 4.69) is 37.3 Å². The van der Waals surface area contributed by atoms with Crippen LogP contribution in [-0.2, 0) is 13.5 Å². The predicted octanol–water partition coefficient (Wildman–Crippen LogP) is 2.38. The Kier molecular flexibility index (Phi) is 5.53. The van der Waals surface area contributed by atoms with Crippen molar-refractivity contribution in [1.29, 1.82) is 0 Å². The monoisotopic (exact) mass is 223 g/mol. The zero-order chi connectivity index (χ0) is 12.0. The van der Waals surface area contributed by atoms with Crippen molar-refractivity contribution in [2.24, 2.45) is 13.0 Å². The van der Waals surface area contributed by atoms with Gasteiger partial charge in [0.2, 0.25) is 0 Å². The number of aromatic nitrogens is 2. The van der Waals surface area contributed by atoms with Crippen LogP contribution in [0.3, 0.4) is 0 Å². The van der Waals surface area contributed by atoms with Gasteiger partial charge >= 0.3 is 0 Å². The summed E-state index contributed by atoms with van der Waals surface area (Å²) in [5.41, 5.74) is 1.34. The third kappa shape index (κ3) is 3.63. The zero-order valence-electron chi connectivity index (χ0n) is 11.0. The summed E-state index contributed by atoms with van der Waals surface area (Å²) < 4.78 is 1.98. The number of hydrogen-bond acceptors (Lipinski definition) is 2. The fourth-order valence-corrected chi connectivity index (χ4v) is 2.28. The summed E-state index contributed by atoms with van der Waals surface area (Å²) in [7, 11) is 2.02. The topological polar surface area (TPSA) is 29.9 Å². The average molecular weight is 223 g/mol. The van der Waals surface area contributed by atoms with Gasteiger partial charge in [0.1, 0.15) is 0 Å². The molecule has 2 unspecified atom stereocenters. The van der Waals surface area contributed by atoms with Crippen LogP contribution in [0.4, 0.5) is 0 Å². The van der Waals surface area contributed by atoms with Gasteiger partial charge in [-0.15, -0.1) is 0 Å². The number of nitrogens with zero attached hydrogens (tertiary/aromatic N) is 2. The van der Waals surface area contributed by atoms with Crippen LogP contribution in [0, 0.1) is 5.92 Å². The molecule has 1 aromatic heterocycles. The molecule has 0 aromatic carbocycles. The van der Waals surface area contributed by atoms with Crippen molar-refractivity contribution in [2.45, 2.75) is 46.1 Å². The summed E-state index contributed by atoms with van der Waals surface area (Å²) in [5, 5.41) is 7.72. The molecule has 0 radical (unpaired) electrons. The van der Waals surface area contributed by atoms with Crippen LogP contribution >= 0.6 is 0 Å². The molecule has 92 valence electrons. The SMILES string of the molecule is CCNC(C)C(CC)CCc1ccnn1C. The minimum atomic E-state index is 0.614. The zero-order valence-corrected chi connectivity index (χ0v) is 11.0. The maximum Gasteiger partial charge on any atom is 0.0492 e. The van der Waals surface area contributed by atoms with Crippen LogP contribution in [0.5, 0.6) is 0 Å². The fourth-order valence-electron chi connectivity index (χ4n) is 2.28. The highest BCUT2D eigenvalue weighted by Gasteiger charge is 2.14. The molecule has 2 atom stereocenters. The Morgan fingerprint density at radius 1 is 1.44 bits per heavy atom. The van der Waals surface area contributed by atoms with Crippen molar-refractivity contribution in [3.8, 4) is 0 Å². The summed E-state index contributed by atoms with van der Waals surface area (Å²) in [4.78, 5) is 0. The lowest BCUT2D eigenvalue weighted by molar-refractivity contribution is 0.346. The Morgan fingerprint density at radius 3 is 2.69 bits per heavy atom. The molecule has 16 heavy (non-hydrogen) atoms. The van der Waals surface area contributed by atoms with Gasteiger partial charge in [-0.2, -0.15) is 5.10 Å². The second-order valence-corrected chi connectivity index (χ2v) is 4.50. The molecule has 0 spiro atoms. The highest BCUT2D eigenvalue weighted by molar-refractivity contribution is 5.00. The van der Waals surface area contributed by atoms with Crippen molar-refractivity contribution >= 4 is 0 Å². The molecule has 0 aliphatic heterocycles. The molecule has 1 rings (SSSR count). The number of rotatable bonds is 7. The quantitative estimate of drug-likeness (QED) is 0.769. The van der Waals surface area contributed by atoms with Gasteiger partial charge in [0.05, 0.1) is 0 Å². The molecule has 0 aliphatic carbocycles. The summed E-state index contributed by atoms with van der Waals surface area (Å²) >= 11 is 0. The van der Waals surface area contributed by atoms with Gasteiger partial charge in [-0.05, 0) is 38.3 Å². The fraction of sp³-hybridized carbons (Fsp3) is 0.769. The first-order valence-electron chi connectivity index (χ1n) is 6.39. The van der Waals surface area contributed by atoms with Gasteiger partial charge in [-0.25, -0.2) is 0 Å². The summed E-state index contributed by atoms with van der Waals surface area (Å²) in [6.45, 7) is 7.80. The van der Waals surface area contributed by atoms with E-state index >= 15 is 0 Å². The second kappa shape index (κ2) is 6.69. The first-order chi connectivity index (χ1) is 7.69. The first kappa shape index (κ1) is 13.2. The lowest BCUT2D eigenvalue weighted by Gasteiger charge is -2.23. The Hall–Kier alpha value is -0.830. The molecule has 1 aromatic rings. The van der Waals surface area contributed by atoms with Crippen molar-refractivity contribution in [3.63, 3.8) is 0 Å². The Labute approximate surface area is 99.2 Å². The molecule has 1 N–H and O–H groups in total. The smallest absolute Gasteiger partial charge is 0.0492 e. The number of hydrogen-bond donors (Lipinski definition) is 1. The van der Waals surface area contributed by atoms with E-state index in [9.17, 15) is 0 Å². The van der Waals surface area contributed by atoms with Crippen LogP contribution in [0.1, 0.15) is 39.3 Å². The van der Waals surface area contributed by atoms with Crippen molar-refractivity contribution in [2.75, 3.05) is 6.54 Å². The molecule has 0 bridgehead atoms. The normalized spacial score (nSPS) is 15.0. The summed E-state index contributed by atoms with van der Waals surface area (Å²) in [6, 6.07) is 2.73. The minimum Gasteiger partial charge on any atom is -0.314 e. The van der Waals surface area contributed by atoms with Crippen LogP contribution in [0.15, 0.2) is 12.3 Å². The minimum absolute atomic E-state index is 0.614. The van der Waals surface area contributed by atoms with E-state index in [0.29, 0.717) is 6.04 Å². The molecular formula is C13H25N3. The van der Waals surface area contributed by atoms with Crippen molar-refractivity contribution in [1.82, 2.24) is 15.1 Å². The molecule has 3 nitrogen and oxygen atoms in total. The van der Waals surface area contributed by atoms with E-state index in [1.807, 2.05) is 17.9 Å². The number of nitrogens with one attached hydrogen (secondary N) is 1. The second-order valence-electron chi connectivity index (χ2n) is 4.50. The van der Waals surface area contributed by atoms with Crippen molar-refractivity contribution < 1.29 is 0 Å². The molecule has 3 heteroatoms. The lowest BCUT2D eigenvalue weighted by atomic mass is 9.92. The first-order valence-corrected chi connectivity index (χ1v) is 6.39. The van der Waals surface area contributed by atoms with Crippen molar-refractivity contribution in [3.05, 3.63) is 18.0 Å². The largest absolute Gasteiger partial charge is 0.314 e. The Balaban J connectivity index is 2.42. The van der Waals surface area contributed by atoms with E-state index in [4.69, 9.17) is 0 Å². The van der Waals surface area contributed by atoms with E-state index in [0.717, 1.165) is 18.9 Å². The standard InChI is InChI=1S/C13H25N3/c1-5-12(11(3)14-6-2)7-8-13-9-10-15-16(13)4/h9-12,14H,5-8H2,1-4H3. The van der Waals surface area contributed by atoms with E-state index in [-0.39, 0.29) is 0 Å². The van der Waals surface area contributed by atoms with Crippen LogP contribution in [0.2, 0.25) is 0 Å². The van der Waals surface area contributed by atoms with Crippen LogP contribution in [0.25, 0.3) is 0 Å². The Bertz CT molecular complexity index is 293. The highest BCUT2D eigenvalue weighted by atomic mass is 15.2. The molecule has 1 heterocycles. The average Bonchev–Trinajstić information content (AvgIpc) is 2.66. The predicted molar refractivity (Wildman–Crippen MR) is 68.4 cm³/mol.